The van der Waals surface area contributed by atoms with Gasteiger partial charge >= 0.3 is 5.69 Å². The number of benzene rings is 7. The van der Waals surface area contributed by atoms with Crippen LogP contribution in [0.2, 0.25) is 0 Å². The van der Waals surface area contributed by atoms with Crippen LogP contribution >= 0.6 is 0 Å². The summed E-state index contributed by atoms with van der Waals surface area (Å²) in [5.74, 6) is 2.13. The van der Waals surface area contributed by atoms with E-state index in [-0.39, 0.29) is 0 Å². The van der Waals surface area contributed by atoms with E-state index in [9.17, 15) is 4.79 Å². The average molecular weight is 735 g/mol. The largest absolute Gasteiger partial charge is 0.372 e. The Morgan fingerprint density at radius 3 is 1.58 bits per heavy atom. The second-order valence-electron chi connectivity index (χ2n) is 13.8. The lowest BCUT2D eigenvalue weighted by Gasteiger charge is -2.10. The molecule has 0 aliphatic rings. The topological polar surface area (TPSA) is 95.8 Å². The number of para-hydroxylation sites is 2. The van der Waals surface area contributed by atoms with E-state index in [4.69, 9.17) is 15.0 Å². The van der Waals surface area contributed by atoms with Gasteiger partial charge in [-0.15, -0.1) is 0 Å². The van der Waals surface area contributed by atoms with Crippen LogP contribution in [-0.2, 0) is 0 Å². The molecule has 4 aromatic heterocycles. The molecule has 0 unspecified atom stereocenters. The van der Waals surface area contributed by atoms with Crippen molar-refractivity contribution < 1.29 is 0 Å². The molecular formula is C48H30N8O. The summed E-state index contributed by atoms with van der Waals surface area (Å²) in [5, 5.41) is 2.32. The van der Waals surface area contributed by atoms with E-state index < -0.39 is 5.69 Å². The molecular weight excluding hydrogens is 705 g/mol. The molecule has 0 saturated heterocycles. The van der Waals surface area contributed by atoms with Gasteiger partial charge in [0.05, 0.1) is 22.1 Å². The Balaban J connectivity index is 1.19. The molecule has 0 spiro atoms. The molecule has 0 N–H and O–H groups in total. The number of nitrogens with zero attached hydrogens (tertiary/aromatic N) is 8. The molecule has 7 aromatic carbocycles. The summed E-state index contributed by atoms with van der Waals surface area (Å²) in [6.45, 7) is 0. The summed E-state index contributed by atoms with van der Waals surface area (Å²) in [5.41, 5.74) is 8.78. The zero-order valence-electron chi connectivity index (χ0n) is 30.3. The Kier molecular flexibility index (Phi) is 7.43. The minimum absolute atomic E-state index is 0.329. The summed E-state index contributed by atoms with van der Waals surface area (Å²) in [6, 6.07) is 61.2. The molecule has 11 aromatic rings. The van der Waals surface area contributed by atoms with Crippen LogP contribution in [0.3, 0.4) is 0 Å². The van der Waals surface area contributed by atoms with E-state index in [1.165, 1.54) is 5.39 Å². The van der Waals surface area contributed by atoms with Crippen LogP contribution in [0.15, 0.2) is 187 Å². The first-order valence-corrected chi connectivity index (χ1v) is 18.6. The highest BCUT2D eigenvalue weighted by atomic mass is 16.1. The Hall–Kier alpha value is -8.04. The van der Waals surface area contributed by atoms with E-state index in [1.807, 2.05) is 112 Å². The van der Waals surface area contributed by atoms with Crippen molar-refractivity contribution in [1.82, 2.24) is 38.5 Å². The predicted molar refractivity (Wildman–Crippen MR) is 226 cm³/mol. The van der Waals surface area contributed by atoms with Crippen molar-refractivity contribution in [2.24, 2.45) is 0 Å². The van der Waals surface area contributed by atoms with Gasteiger partial charge in [0.1, 0.15) is 0 Å². The Morgan fingerprint density at radius 2 is 0.912 bits per heavy atom. The molecule has 4 heterocycles. The molecule has 0 fully saturated rings. The summed E-state index contributed by atoms with van der Waals surface area (Å²) in [4.78, 5) is 37.5. The summed E-state index contributed by atoms with van der Waals surface area (Å²) in [7, 11) is 0. The third-order valence-electron chi connectivity index (χ3n) is 10.4. The highest BCUT2D eigenvalue weighted by Gasteiger charge is 2.23. The van der Waals surface area contributed by atoms with Crippen LogP contribution in [-0.4, -0.2) is 38.5 Å². The minimum atomic E-state index is -0.612. The van der Waals surface area contributed by atoms with Crippen LogP contribution in [0.25, 0.3) is 95.5 Å². The van der Waals surface area contributed by atoms with Gasteiger partial charge in [0, 0.05) is 33.2 Å². The highest BCUT2D eigenvalue weighted by Crippen LogP contribution is 2.37. The van der Waals surface area contributed by atoms with Crippen molar-refractivity contribution in [1.29, 1.82) is 0 Å². The molecule has 9 heteroatoms. The lowest BCUT2D eigenvalue weighted by atomic mass is 10.0. The molecule has 0 radical (unpaired) electrons. The van der Waals surface area contributed by atoms with Gasteiger partial charge in [0.25, 0.3) is 0 Å². The lowest BCUT2D eigenvalue weighted by Crippen LogP contribution is -2.17. The van der Waals surface area contributed by atoms with E-state index >= 15 is 0 Å². The number of aromatic nitrogens is 8. The fourth-order valence-electron chi connectivity index (χ4n) is 7.83. The molecule has 9 nitrogen and oxygen atoms in total. The monoisotopic (exact) mass is 734 g/mol. The third kappa shape index (κ3) is 5.40. The van der Waals surface area contributed by atoms with Gasteiger partial charge in [-0.05, 0) is 53.6 Å². The van der Waals surface area contributed by atoms with E-state index in [0.717, 1.165) is 61.0 Å². The van der Waals surface area contributed by atoms with Crippen molar-refractivity contribution in [2.45, 2.75) is 0 Å². The Morgan fingerprint density at radius 1 is 0.368 bits per heavy atom. The standard InChI is InChI=1S/C48H30N8O/c57-47-52-45(33-19-9-3-10-20-33)55-42-30-35(34-25-27-40-38(29-34)37-23-13-14-24-39(37)54(40)36-21-11-4-12-22-36)26-28-41(42)56(48(55)53-47)46-50-43(31-15-5-1-6-16-31)49-44(51-46)32-17-7-2-8-18-32/h1-30H. The number of imidazole rings is 1. The number of hydrogen-bond acceptors (Lipinski definition) is 6. The number of fused-ring (bicyclic) bond motifs is 6. The van der Waals surface area contributed by atoms with E-state index in [0.29, 0.717) is 29.2 Å². The van der Waals surface area contributed by atoms with Crippen LogP contribution in [0.4, 0.5) is 0 Å². The fraction of sp³-hybridized carbons (Fsp3) is 0. The van der Waals surface area contributed by atoms with Gasteiger partial charge in [-0.25, -0.2) is 14.3 Å². The van der Waals surface area contributed by atoms with Crippen molar-refractivity contribution in [3.05, 3.63) is 192 Å². The SMILES string of the molecule is O=c1nc(-c2ccccc2)n2c3cc(-c4ccc5c(c4)c4ccccc4n5-c4ccccc4)ccc3n(-c3nc(-c4ccccc4)nc(-c4ccccc4)n3)c2n1. The van der Waals surface area contributed by atoms with Gasteiger partial charge in [-0.2, -0.15) is 19.9 Å². The number of rotatable bonds is 6. The first-order chi connectivity index (χ1) is 28.2. The second-order valence-corrected chi connectivity index (χ2v) is 13.8. The summed E-state index contributed by atoms with van der Waals surface area (Å²) in [6.07, 6.45) is 0. The first-order valence-electron chi connectivity index (χ1n) is 18.6. The molecule has 0 amide bonds. The van der Waals surface area contributed by atoms with Crippen molar-refractivity contribution in [2.75, 3.05) is 0 Å². The molecule has 0 bridgehead atoms. The van der Waals surface area contributed by atoms with Gasteiger partial charge < -0.3 is 4.57 Å². The zero-order chi connectivity index (χ0) is 37.9. The molecule has 0 atom stereocenters. The third-order valence-corrected chi connectivity index (χ3v) is 10.4. The number of hydrogen-bond donors (Lipinski definition) is 0. The Labute approximate surface area is 325 Å². The molecule has 0 aliphatic carbocycles. The average Bonchev–Trinajstić information content (AvgIpc) is 3.79. The van der Waals surface area contributed by atoms with E-state index in [2.05, 4.69) is 93.4 Å². The normalized spacial score (nSPS) is 11.6. The van der Waals surface area contributed by atoms with Gasteiger partial charge in [0.2, 0.25) is 11.7 Å². The van der Waals surface area contributed by atoms with Crippen LogP contribution < -0.4 is 5.69 Å². The van der Waals surface area contributed by atoms with Crippen LogP contribution in [0.5, 0.6) is 0 Å². The molecule has 0 aliphatic heterocycles. The quantitative estimate of drug-likeness (QED) is 0.169. The molecule has 0 saturated carbocycles. The maximum absolute atomic E-state index is 13.4. The molecule has 11 rings (SSSR count). The molecule has 57 heavy (non-hydrogen) atoms. The van der Waals surface area contributed by atoms with Crippen molar-refractivity contribution in [3.8, 4) is 56.9 Å². The van der Waals surface area contributed by atoms with E-state index in [1.54, 1.807) is 0 Å². The van der Waals surface area contributed by atoms with Crippen LogP contribution in [0, 0.1) is 0 Å². The fourth-order valence-corrected chi connectivity index (χ4v) is 7.83. The van der Waals surface area contributed by atoms with Gasteiger partial charge in [-0.3, -0.25) is 4.40 Å². The first kappa shape index (κ1) is 32.4. The van der Waals surface area contributed by atoms with Gasteiger partial charge in [-0.1, -0.05) is 140 Å². The minimum Gasteiger partial charge on any atom is -0.309 e. The molecule has 268 valence electrons. The maximum atomic E-state index is 13.4. The second kappa shape index (κ2) is 13.1. The Bertz CT molecular complexity index is 3300. The maximum Gasteiger partial charge on any atom is 0.372 e. The summed E-state index contributed by atoms with van der Waals surface area (Å²) < 4.78 is 6.09. The van der Waals surface area contributed by atoms with Gasteiger partial charge in [0.15, 0.2) is 17.5 Å². The lowest BCUT2D eigenvalue weighted by molar-refractivity contribution is 0.902. The van der Waals surface area contributed by atoms with Crippen molar-refractivity contribution in [3.63, 3.8) is 0 Å². The summed E-state index contributed by atoms with van der Waals surface area (Å²) >= 11 is 0. The van der Waals surface area contributed by atoms with Crippen LogP contribution in [0.1, 0.15) is 0 Å². The van der Waals surface area contributed by atoms with Crippen molar-refractivity contribution >= 4 is 38.6 Å². The highest BCUT2D eigenvalue weighted by molar-refractivity contribution is 6.10. The zero-order valence-corrected chi connectivity index (χ0v) is 30.3. The predicted octanol–water partition coefficient (Wildman–Crippen LogP) is 9.98. The smallest absolute Gasteiger partial charge is 0.309 e.